The van der Waals surface area contributed by atoms with E-state index in [2.05, 4.69) is 19.6 Å². The lowest BCUT2D eigenvalue weighted by atomic mass is 10.6. The molecule has 5 heavy (non-hydrogen) atoms. The molecule has 0 bridgehead atoms. The highest BCUT2D eigenvalue weighted by Gasteiger charge is 1.85. The van der Waals surface area contributed by atoms with Gasteiger partial charge < -0.3 is 0 Å². The molecule has 0 fully saturated rings. The minimum Gasteiger partial charge on any atom is -0.109 e. The summed E-state index contributed by atoms with van der Waals surface area (Å²) in [6.45, 7) is 4.57. The third-order valence-electron chi connectivity index (χ3n) is 0.816. The molecule has 0 aromatic rings. The second-order valence-corrected chi connectivity index (χ2v) is 4.25. The average molecular weight is 86.1 g/mol. The second kappa shape index (κ2) is 2.75. The Morgan fingerprint density at radius 1 is 1.40 bits per heavy atom. The molecule has 0 aliphatic heterocycles. The van der Waals surface area contributed by atoms with Crippen LogP contribution in [0.3, 0.4) is 0 Å². The van der Waals surface area contributed by atoms with Crippen molar-refractivity contribution in [1.29, 1.82) is 0 Å². The summed E-state index contributed by atoms with van der Waals surface area (Å²) in [5.41, 5.74) is 0. The first-order chi connectivity index (χ1) is 2.27. The highest BCUT2D eigenvalue weighted by atomic mass is 27.1. The number of hydrogen-bond donors (Lipinski definition) is 0. The van der Waals surface area contributed by atoms with Crippen LogP contribution >= 0.6 is 0 Å². The first-order valence-electron chi connectivity index (χ1n) is 2.27. The lowest BCUT2D eigenvalue weighted by Gasteiger charge is -1.86. The van der Waals surface area contributed by atoms with Crippen LogP contribution in [-0.4, -0.2) is 15.2 Å². The maximum absolute atomic E-state index is 2.34. The minimum atomic E-state index is 0.349. The standard InChI is InChI=1S/C3H7.CH3.Al.H/c1-3-2;;;/h3H,1-2H3;1H3;;. The van der Waals surface area contributed by atoms with Gasteiger partial charge in [-0.2, -0.15) is 0 Å². The van der Waals surface area contributed by atoms with Gasteiger partial charge in [-0.25, -0.2) is 0 Å². The Hall–Kier alpha value is 0.532. The van der Waals surface area contributed by atoms with Gasteiger partial charge in [-0.1, -0.05) is 18.6 Å². The molecule has 0 saturated heterocycles. The Labute approximate surface area is 40.3 Å². The molecule has 0 spiro atoms. The highest BCUT2D eigenvalue weighted by molar-refractivity contribution is 6.35. The molecule has 0 atom stereocenters. The van der Waals surface area contributed by atoms with Gasteiger partial charge in [0.15, 0.2) is 0 Å². The fourth-order valence-electron chi connectivity index (χ4n) is 0. The van der Waals surface area contributed by atoms with Crippen LogP contribution in [-0.2, 0) is 0 Å². The van der Waals surface area contributed by atoms with Crippen molar-refractivity contribution in [3.8, 4) is 0 Å². The normalized spacial score (nSPS) is 8.80. The molecule has 0 aliphatic carbocycles. The Bertz CT molecular complexity index is 17.6. The molecule has 0 aliphatic rings. The van der Waals surface area contributed by atoms with Gasteiger partial charge in [0.05, 0.1) is 0 Å². The van der Waals surface area contributed by atoms with Crippen molar-refractivity contribution in [2.45, 2.75) is 24.4 Å². The van der Waals surface area contributed by atoms with E-state index in [9.17, 15) is 0 Å². The van der Waals surface area contributed by atoms with Crippen LogP contribution in [0.25, 0.3) is 0 Å². The van der Waals surface area contributed by atoms with Crippen LogP contribution in [0.2, 0.25) is 10.6 Å². The van der Waals surface area contributed by atoms with Gasteiger partial charge in [0.2, 0.25) is 15.2 Å². The maximum Gasteiger partial charge on any atom is 0.236 e. The van der Waals surface area contributed by atoms with Crippen molar-refractivity contribution in [3.63, 3.8) is 0 Å². The summed E-state index contributed by atoms with van der Waals surface area (Å²) in [6, 6.07) is 0. The Kier molecular flexibility index (Phi) is 3.05. The van der Waals surface area contributed by atoms with Gasteiger partial charge in [-0.15, -0.1) is 5.79 Å². The molecule has 0 saturated carbocycles. The third-order valence-corrected chi connectivity index (χ3v) is 2.45. The quantitative estimate of drug-likeness (QED) is 0.422. The van der Waals surface area contributed by atoms with E-state index in [-0.39, 0.29) is 0 Å². The minimum absolute atomic E-state index is 0.349. The van der Waals surface area contributed by atoms with E-state index in [4.69, 9.17) is 0 Å². The van der Waals surface area contributed by atoms with E-state index in [1.54, 1.807) is 0 Å². The lowest BCUT2D eigenvalue weighted by Crippen LogP contribution is -1.83. The molecule has 0 rings (SSSR count). The van der Waals surface area contributed by atoms with Crippen molar-refractivity contribution < 1.29 is 0 Å². The highest BCUT2D eigenvalue weighted by Crippen LogP contribution is 1.92. The summed E-state index contributed by atoms with van der Waals surface area (Å²) in [7, 11) is 0. The summed E-state index contributed by atoms with van der Waals surface area (Å²) in [5.74, 6) is 2.34. The molecule has 0 aromatic carbocycles. The zero-order valence-electron chi connectivity index (χ0n) is 4.28. The summed E-state index contributed by atoms with van der Waals surface area (Å²) in [6.07, 6.45) is 0. The lowest BCUT2D eigenvalue weighted by molar-refractivity contribution is 1.06. The van der Waals surface area contributed by atoms with Crippen molar-refractivity contribution in [2.24, 2.45) is 0 Å². The average Bonchev–Trinajstić information content (AvgIpc) is 1.38. The molecular weight excluding hydrogens is 75.0 g/mol. The van der Waals surface area contributed by atoms with Gasteiger partial charge in [0.25, 0.3) is 0 Å². The molecule has 0 unspecified atom stereocenters. The van der Waals surface area contributed by atoms with E-state index in [0.717, 1.165) is 4.78 Å². The topological polar surface area (TPSA) is 0 Å². The first kappa shape index (κ1) is 5.53. The van der Waals surface area contributed by atoms with Crippen LogP contribution in [0.15, 0.2) is 0 Å². The Balaban J connectivity index is 2.54. The summed E-state index contributed by atoms with van der Waals surface area (Å²) < 4.78 is 1.02. The SMILES string of the molecule is [CH3][AlH][CH](C)C. The van der Waals surface area contributed by atoms with Gasteiger partial charge in [0.1, 0.15) is 0 Å². The summed E-state index contributed by atoms with van der Waals surface area (Å²) in [4.78, 5) is 0. The van der Waals surface area contributed by atoms with Gasteiger partial charge in [-0.3, -0.25) is 0 Å². The molecule has 0 heterocycles. The maximum atomic E-state index is 2.34. The number of rotatable bonds is 1. The monoisotopic (exact) mass is 86.1 g/mol. The molecular formula is C4H11Al. The van der Waals surface area contributed by atoms with Gasteiger partial charge in [-0.05, 0) is 0 Å². The summed E-state index contributed by atoms with van der Waals surface area (Å²) in [5, 5.41) is 0. The van der Waals surface area contributed by atoms with Crippen LogP contribution < -0.4 is 0 Å². The number of hydrogen-bond acceptors (Lipinski definition) is 0. The van der Waals surface area contributed by atoms with Crippen LogP contribution in [0.1, 0.15) is 13.8 Å². The first-order valence-corrected chi connectivity index (χ1v) is 4.50. The van der Waals surface area contributed by atoms with Crippen LogP contribution in [0.4, 0.5) is 0 Å². The predicted octanol–water partition coefficient (Wildman–Crippen LogP) is 1.30. The van der Waals surface area contributed by atoms with E-state index in [1.165, 1.54) is 0 Å². The van der Waals surface area contributed by atoms with Crippen LogP contribution in [0.5, 0.6) is 0 Å². The summed E-state index contributed by atoms with van der Waals surface area (Å²) >= 11 is 0.349. The fourth-order valence-corrected chi connectivity index (χ4v) is 0. The van der Waals surface area contributed by atoms with Crippen molar-refractivity contribution in [3.05, 3.63) is 0 Å². The molecule has 1 heteroatoms. The molecule has 30 valence electrons. The van der Waals surface area contributed by atoms with Gasteiger partial charge >= 0.3 is 0 Å². The smallest absolute Gasteiger partial charge is 0.109 e. The second-order valence-electron chi connectivity index (χ2n) is 1.80. The molecule has 0 radical (unpaired) electrons. The van der Waals surface area contributed by atoms with Gasteiger partial charge in [0, 0.05) is 0 Å². The predicted molar refractivity (Wildman–Crippen MR) is 28.1 cm³/mol. The van der Waals surface area contributed by atoms with E-state index < -0.39 is 0 Å². The van der Waals surface area contributed by atoms with Crippen molar-refractivity contribution >= 4 is 15.2 Å². The zero-order chi connectivity index (χ0) is 4.28. The van der Waals surface area contributed by atoms with E-state index >= 15 is 0 Å². The van der Waals surface area contributed by atoms with E-state index in [1.807, 2.05) is 0 Å². The third kappa shape index (κ3) is 4.53. The molecule has 0 amide bonds. The van der Waals surface area contributed by atoms with Crippen molar-refractivity contribution in [1.82, 2.24) is 0 Å². The molecule has 0 nitrogen and oxygen atoms in total. The Morgan fingerprint density at radius 3 is 1.60 bits per heavy atom. The Morgan fingerprint density at radius 2 is 1.60 bits per heavy atom. The van der Waals surface area contributed by atoms with Crippen LogP contribution in [0, 0.1) is 0 Å². The van der Waals surface area contributed by atoms with E-state index in [0.29, 0.717) is 15.2 Å². The molecule has 0 aromatic heterocycles. The largest absolute Gasteiger partial charge is 0.236 e. The zero-order valence-corrected chi connectivity index (χ0v) is 5.70. The fraction of sp³-hybridized carbons (Fsp3) is 1.00. The van der Waals surface area contributed by atoms with Crippen molar-refractivity contribution in [2.75, 3.05) is 0 Å². The molecule has 0 N–H and O–H groups in total.